The fourth-order valence-electron chi connectivity index (χ4n) is 2.25. The summed E-state index contributed by atoms with van der Waals surface area (Å²) in [6.45, 7) is 1.96. The van der Waals surface area contributed by atoms with Crippen molar-refractivity contribution in [3.63, 3.8) is 0 Å². The van der Waals surface area contributed by atoms with Crippen LogP contribution in [0.5, 0.6) is 0 Å². The van der Waals surface area contributed by atoms with E-state index in [4.69, 9.17) is 9.26 Å². The highest BCUT2D eigenvalue weighted by molar-refractivity contribution is 6.01. The first-order valence-corrected chi connectivity index (χ1v) is 7.29. The SMILES string of the molecule is Cc1cc(COC(=O)c2ccc(CN3C(=O)CNC3=O)cc2)no1. The van der Waals surface area contributed by atoms with Gasteiger partial charge in [-0.2, -0.15) is 0 Å². The second-order valence-electron chi connectivity index (χ2n) is 5.34. The van der Waals surface area contributed by atoms with Crippen LogP contribution in [0.25, 0.3) is 0 Å². The van der Waals surface area contributed by atoms with Crippen LogP contribution in [0, 0.1) is 6.92 Å². The normalized spacial score (nSPS) is 14.0. The van der Waals surface area contributed by atoms with Crippen LogP contribution in [0.3, 0.4) is 0 Å². The number of ether oxygens (including phenoxy) is 1. The van der Waals surface area contributed by atoms with Gasteiger partial charge in [-0.3, -0.25) is 9.69 Å². The maximum absolute atomic E-state index is 12.0. The molecule has 2 aromatic rings. The van der Waals surface area contributed by atoms with Gasteiger partial charge in [-0.05, 0) is 24.6 Å². The predicted octanol–water partition coefficient (Wildman–Crippen LogP) is 1.39. The van der Waals surface area contributed by atoms with E-state index in [1.807, 2.05) is 0 Å². The van der Waals surface area contributed by atoms with Crippen LogP contribution in [0.1, 0.15) is 27.4 Å². The lowest BCUT2D eigenvalue weighted by Crippen LogP contribution is -2.30. The number of nitrogens with zero attached hydrogens (tertiary/aromatic N) is 2. The smallest absolute Gasteiger partial charge is 0.338 e. The zero-order valence-electron chi connectivity index (χ0n) is 12.9. The summed E-state index contributed by atoms with van der Waals surface area (Å²) >= 11 is 0. The van der Waals surface area contributed by atoms with Gasteiger partial charge in [0.15, 0.2) is 0 Å². The number of aromatic nitrogens is 1. The molecule has 24 heavy (non-hydrogen) atoms. The topological polar surface area (TPSA) is 102 Å². The molecule has 8 heteroatoms. The number of imide groups is 1. The summed E-state index contributed by atoms with van der Waals surface area (Å²) in [6.07, 6.45) is 0. The van der Waals surface area contributed by atoms with E-state index in [2.05, 4.69) is 10.5 Å². The van der Waals surface area contributed by atoms with Gasteiger partial charge in [-0.25, -0.2) is 9.59 Å². The van der Waals surface area contributed by atoms with Crippen molar-refractivity contribution in [2.75, 3.05) is 6.54 Å². The van der Waals surface area contributed by atoms with Gasteiger partial charge in [-0.15, -0.1) is 0 Å². The van der Waals surface area contributed by atoms with Crippen LogP contribution in [0.2, 0.25) is 0 Å². The molecular formula is C16H15N3O5. The molecule has 1 aliphatic rings. The number of carbonyl (C=O) groups excluding carboxylic acids is 3. The quantitative estimate of drug-likeness (QED) is 0.657. The molecule has 1 aromatic carbocycles. The van der Waals surface area contributed by atoms with Crippen LogP contribution < -0.4 is 5.32 Å². The second kappa shape index (κ2) is 6.53. The number of hydrogen-bond acceptors (Lipinski definition) is 6. The van der Waals surface area contributed by atoms with E-state index >= 15 is 0 Å². The molecule has 0 bridgehead atoms. The van der Waals surface area contributed by atoms with Gasteiger partial charge in [0.2, 0.25) is 5.91 Å². The lowest BCUT2D eigenvalue weighted by atomic mass is 10.1. The van der Waals surface area contributed by atoms with Crippen LogP contribution >= 0.6 is 0 Å². The third-order valence-electron chi connectivity index (χ3n) is 3.50. The van der Waals surface area contributed by atoms with Gasteiger partial charge < -0.3 is 14.6 Å². The summed E-state index contributed by atoms with van der Waals surface area (Å²) in [7, 11) is 0. The van der Waals surface area contributed by atoms with Crippen molar-refractivity contribution in [3.05, 3.63) is 52.9 Å². The van der Waals surface area contributed by atoms with Gasteiger partial charge in [0.05, 0.1) is 18.7 Å². The van der Waals surface area contributed by atoms with Gasteiger partial charge >= 0.3 is 12.0 Å². The highest BCUT2D eigenvalue weighted by Crippen LogP contribution is 2.12. The van der Waals surface area contributed by atoms with Crippen molar-refractivity contribution in [1.82, 2.24) is 15.4 Å². The zero-order chi connectivity index (χ0) is 17.1. The van der Waals surface area contributed by atoms with E-state index < -0.39 is 12.0 Å². The third-order valence-corrected chi connectivity index (χ3v) is 3.50. The molecule has 124 valence electrons. The molecule has 8 nitrogen and oxygen atoms in total. The molecule has 1 aliphatic heterocycles. The van der Waals surface area contributed by atoms with Crippen molar-refractivity contribution in [1.29, 1.82) is 0 Å². The van der Waals surface area contributed by atoms with Crippen molar-refractivity contribution in [2.24, 2.45) is 0 Å². The van der Waals surface area contributed by atoms with Crippen LogP contribution in [-0.2, 0) is 22.7 Å². The van der Waals surface area contributed by atoms with Crippen molar-refractivity contribution < 1.29 is 23.6 Å². The Balaban J connectivity index is 1.58. The molecule has 3 rings (SSSR count). The highest BCUT2D eigenvalue weighted by Gasteiger charge is 2.28. The maximum atomic E-state index is 12.0. The van der Waals surface area contributed by atoms with Gasteiger partial charge in [0.1, 0.15) is 18.1 Å². The maximum Gasteiger partial charge on any atom is 0.338 e. The number of carbonyl (C=O) groups is 3. The molecule has 0 spiro atoms. The second-order valence-corrected chi connectivity index (χ2v) is 5.34. The predicted molar refractivity (Wildman–Crippen MR) is 80.8 cm³/mol. The Morgan fingerprint density at radius 1 is 1.33 bits per heavy atom. The molecule has 0 unspecified atom stereocenters. The number of amides is 3. The summed E-state index contributed by atoms with van der Waals surface area (Å²) < 4.78 is 10.0. The van der Waals surface area contributed by atoms with E-state index in [1.165, 1.54) is 0 Å². The van der Waals surface area contributed by atoms with Gasteiger partial charge in [0, 0.05) is 6.07 Å². The van der Waals surface area contributed by atoms with Crippen LogP contribution in [0.15, 0.2) is 34.9 Å². The minimum atomic E-state index is -0.489. The number of nitrogens with one attached hydrogen (secondary N) is 1. The largest absolute Gasteiger partial charge is 0.455 e. The number of rotatable bonds is 5. The van der Waals surface area contributed by atoms with Crippen LogP contribution in [-0.4, -0.2) is 34.5 Å². The summed E-state index contributed by atoms with van der Waals surface area (Å²) in [4.78, 5) is 36.1. The number of aryl methyl sites for hydroxylation is 1. The molecule has 0 atom stereocenters. The lowest BCUT2D eigenvalue weighted by molar-refractivity contribution is -0.125. The number of hydrogen-bond donors (Lipinski definition) is 1. The Labute approximate surface area is 137 Å². The van der Waals surface area contributed by atoms with Crippen LogP contribution in [0.4, 0.5) is 4.79 Å². The molecule has 3 amide bonds. The molecule has 1 N–H and O–H groups in total. The summed E-state index contributed by atoms with van der Waals surface area (Å²) in [5.41, 5.74) is 1.65. The van der Waals surface area contributed by atoms with Crippen molar-refractivity contribution in [2.45, 2.75) is 20.1 Å². The van der Waals surface area contributed by atoms with Crippen molar-refractivity contribution >= 4 is 17.9 Å². The molecule has 1 fully saturated rings. The minimum absolute atomic E-state index is 0.0186. The summed E-state index contributed by atoms with van der Waals surface area (Å²) in [6, 6.07) is 7.81. The van der Waals surface area contributed by atoms with Gasteiger partial charge in [0.25, 0.3) is 0 Å². The number of benzene rings is 1. The summed E-state index contributed by atoms with van der Waals surface area (Å²) in [5, 5.41) is 6.19. The molecule has 0 aliphatic carbocycles. The van der Waals surface area contributed by atoms with Crippen molar-refractivity contribution in [3.8, 4) is 0 Å². The fraction of sp³-hybridized carbons (Fsp3) is 0.250. The highest BCUT2D eigenvalue weighted by atomic mass is 16.5. The van der Waals surface area contributed by atoms with E-state index in [0.29, 0.717) is 17.0 Å². The average molecular weight is 329 g/mol. The standard InChI is InChI=1S/C16H15N3O5/c1-10-6-13(18-24-10)9-23-15(21)12-4-2-11(3-5-12)8-19-14(20)7-17-16(19)22/h2-6H,7-9H2,1H3,(H,17,22). The minimum Gasteiger partial charge on any atom is -0.455 e. The van der Waals surface area contributed by atoms with Gasteiger partial charge in [-0.1, -0.05) is 17.3 Å². The first-order chi connectivity index (χ1) is 11.5. The molecule has 1 aromatic heterocycles. The monoisotopic (exact) mass is 329 g/mol. The van der Waals surface area contributed by atoms with E-state index in [1.54, 1.807) is 37.3 Å². The Hall–Kier alpha value is -3.16. The van der Waals surface area contributed by atoms with E-state index in [9.17, 15) is 14.4 Å². The number of esters is 1. The number of urea groups is 1. The Morgan fingerprint density at radius 3 is 2.67 bits per heavy atom. The van der Waals surface area contributed by atoms with E-state index in [0.717, 1.165) is 10.5 Å². The Morgan fingerprint density at radius 2 is 2.08 bits per heavy atom. The fourth-order valence-corrected chi connectivity index (χ4v) is 2.25. The Kier molecular flexibility index (Phi) is 4.28. The van der Waals surface area contributed by atoms with E-state index in [-0.39, 0.29) is 25.6 Å². The molecule has 1 saturated heterocycles. The summed E-state index contributed by atoms with van der Waals surface area (Å²) in [5.74, 6) is -0.116. The lowest BCUT2D eigenvalue weighted by Gasteiger charge is -2.12. The molecule has 0 saturated carbocycles. The zero-order valence-corrected chi connectivity index (χ0v) is 12.9. The molecule has 2 heterocycles. The third kappa shape index (κ3) is 3.43. The Bertz CT molecular complexity index is 765. The molecular weight excluding hydrogens is 314 g/mol. The molecule has 0 radical (unpaired) electrons. The first kappa shape index (κ1) is 15.7. The average Bonchev–Trinajstić information content (AvgIpc) is 3.13. The first-order valence-electron chi connectivity index (χ1n) is 7.29.